The van der Waals surface area contributed by atoms with Gasteiger partial charge in [-0.3, -0.25) is 9.78 Å². The fraction of sp³-hybridized carbons (Fsp3) is 0.0769. The van der Waals surface area contributed by atoms with Gasteiger partial charge in [0.05, 0.1) is 30.3 Å². The number of nitrogens with one attached hydrogen (secondary N) is 1. The van der Waals surface area contributed by atoms with E-state index in [1.165, 1.54) is 12.7 Å². The minimum atomic E-state index is -5.08. The summed E-state index contributed by atoms with van der Waals surface area (Å²) in [5, 5.41) is 10.0. The number of anilines is 1. The van der Waals surface area contributed by atoms with Crippen molar-refractivity contribution in [1.82, 2.24) is 14.4 Å². The zero-order valence-corrected chi connectivity index (χ0v) is 19.6. The van der Waals surface area contributed by atoms with Crippen LogP contribution in [0.25, 0.3) is 28.0 Å². The highest BCUT2D eigenvalue weighted by Gasteiger charge is 2.38. The average molecular weight is 524 g/mol. The molecular weight excluding hydrogens is 505 g/mol. The van der Waals surface area contributed by atoms with Crippen LogP contribution in [0.2, 0.25) is 0 Å². The molecule has 0 atom stereocenters. The van der Waals surface area contributed by atoms with Crippen molar-refractivity contribution in [3.05, 3.63) is 91.4 Å². The summed E-state index contributed by atoms with van der Waals surface area (Å²) in [6, 6.07) is 17.2. The number of methoxy groups -OCH3 is 1. The largest absolute Gasteiger partial charge is 0.497 e. The first-order valence-corrected chi connectivity index (χ1v) is 10.9. The number of rotatable bonds is 5. The molecule has 194 valence electrons. The van der Waals surface area contributed by atoms with E-state index in [9.17, 15) is 18.0 Å². The molecule has 2 N–H and O–H groups in total. The molecule has 4 heterocycles. The maximum absolute atomic E-state index is 13.1. The monoisotopic (exact) mass is 524 g/mol. The molecule has 0 saturated carbocycles. The Labute approximate surface area is 213 Å². The number of carbonyl (C=O) groups is 2. The van der Waals surface area contributed by atoms with Gasteiger partial charge in [-0.05, 0) is 47.5 Å². The van der Waals surface area contributed by atoms with Crippen LogP contribution >= 0.6 is 0 Å². The van der Waals surface area contributed by atoms with Crippen LogP contribution in [0.1, 0.15) is 10.4 Å². The van der Waals surface area contributed by atoms with Crippen LogP contribution in [0.15, 0.2) is 90.3 Å². The number of benzene rings is 1. The van der Waals surface area contributed by atoms with Gasteiger partial charge in [0, 0.05) is 17.9 Å². The van der Waals surface area contributed by atoms with Crippen LogP contribution < -0.4 is 10.1 Å². The second-order valence-electron chi connectivity index (χ2n) is 7.72. The standard InChI is InChI=1S/C24H18N4O3.C2HF3O2/c1-30-20-6-2-4-16(10-20)17-7-8-19-11-21(24(29)27-18-5-3-9-25-12-18)23(28(19)13-17)22-14-31-15-26-22;3-2(4,5)1(6)7/h2-15H,1H3,(H,27,29);(H,6,7). The number of carboxylic acids is 1. The van der Waals surface area contributed by atoms with Crippen molar-refractivity contribution < 1.29 is 37.0 Å². The number of halogens is 3. The fourth-order valence-electron chi connectivity index (χ4n) is 3.54. The molecule has 5 rings (SSSR count). The van der Waals surface area contributed by atoms with Gasteiger partial charge < -0.3 is 24.0 Å². The van der Waals surface area contributed by atoms with E-state index in [0.717, 1.165) is 22.4 Å². The SMILES string of the molecule is COc1cccc(-c2ccc3cc(C(=O)Nc4cccnc4)c(-c4cocn4)n3c2)c1.O=C(O)C(F)(F)F. The second kappa shape index (κ2) is 10.9. The first-order valence-electron chi connectivity index (χ1n) is 10.9. The predicted molar refractivity (Wildman–Crippen MR) is 131 cm³/mol. The molecule has 4 aromatic heterocycles. The van der Waals surface area contributed by atoms with E-state index in [0.29, 0.717) is 22.6 Å². The fourth-order valence-corrected chi connectivity index (χ4v) is 3.54. The Bertz CT molecular complexity index is 1570. The lowest BCUT2D eigenvalue weighted by molar-refractivity contribution is -0.192. The van der Waals surface area contributed by atoms with Crippen molar-refractivity contribution in [2.24, 2.45) is 0 Å². The number of nitrogens with zero attached hydrogens (tertiary/aromatic N) is 3. The molecule has 1 aromatic carbocycles. The number of aromatic nitrogens is 3. The molecule has 0 aliphatic carbocycles. The van der Waals surface area contributed by atoms with E-state index in [4.69, 9.17) is 19.1 Å². The van der Waals surface area contributed by atoms with Crippen molar-refractivity contribution in [1.29, 1.82) is 0 Å². The van der Waals surface area contributed by atoms with Gasteiger partial charge in [-0.25, -0.2) is 9.78 Å². The summed E-state index contributed by atoms with van der Waals surface area (Å²) in [5.74, 6) is -2.23. The summed E-state index contributed by atoms with van der Waals surface area (Å²) in [6.07, 6.45) is 3.03. The minimum absolute atomic E-state index is 0.252. The molecule has 1 amide bonds. The molecule has 12 heteroatoms. The van der Waals surface area contributed by atoms with Crippen LogP contribution in [-0.4, -0.2) is 44.6 Å². The molecule has 0 saturated heterocycles. The quantitative estimate of drug-likeness (QED) is 0.309. The maximum Gasteiger partial charge on any atom is 0.490 e. The number of carbonyl (C=O) groups excluding carboxylic acids is 1. The molecule has 0 aliphatic rings. The molecule has 0 bridgehead atoms. The first kappa shape index (κ1) is 25.9. The highest BCUT2D eigenvalue weighted by atomic mass is 19.4. The molecule has 0 fully saturated rings. The average Bonchev–Trinajstić information content (AvgIpc) is 3.56. The molecule has 9 nitrogen and oxygen atoms in total. The first-order chi connectivity index (χ1) is 18.2. The zero-order valence-electron chi connectivity index (χ0n) is 19.6. The number of hydrogen-bond donors (Lipinski definition) is 2. The second-order valence-corrected chi connectivity index (χ2v) is 7.72. The van der Waals surface area contributed by atoms with Crippen LogP contribution in [-0.2, 0) is 4.79 Å². The van der Waals surface area contributed by atoms with Gasteiger partial charge in [0.1, 0.15) is 17.7 Å². The van der Waals surface area contributed by atoms with Gasteiger partial charge in [0.15, 0.2) is 6.39 Å². The van der Waals surface area contributed by atoms with Crippen molar-refractivity contribution in [2.75, 3.05) is 12.4 Å². The van der Waals surface area contributed by atoms with Crippen LogP contribution in [0, 0.1) is 0 Å². The van der Waals surface area contributed by atoms with Gasteiger partial charge in [0.25, 0.3) is 5.91 Å². The van der Waals surface area contributed by atoms with Gasteiger partial charge in [0.2, 0.25) is 0 Å². The molecule has 0 spiro atoms. The Hall–Kier alpha value is -5.13. The topological polar surface area (TPSA) is 119 Å². The third-order valence-corrected chi connectivity index (χ3v) is 5.25. The minimum Gasteiger partial charge on any atom is -0.497 e. The summed E-state index contributed by atoms with van der Waals surface area (Å²) in [7, 11) is 1.64. The lowest BCUT2D eigenvalue weighted by Crippen LogP contribution is -2.21. The van der Waals surface area contributed by atoms with E-state index >= 15 is 0 Å². The highest BCUT2D eigenvalue weighted by Crippen LogP contribution is 2.31. The smallest absolute Gasteiger partial charge is 0.490 e. The van der Waals surface area contributed by atoms with Crippen LogP contribution in [0.3, 0.4) is 0 Å². The third-order valence-electron chi connectivity index (χ3n) is 5.25. The Morgan fingerprint density at radius 1 is 1.08 bits per heavy atom. The van der Waals surface area contributed by atoms with Crippen LogP contribution in [0.5, 0.6) is 5.75 Å². The van der Waals surface area contributed by atoms with E-state index in [1.807, 2.05) is 53.1 Å². The number of alkyl halides is 3. The maximum atomic E-state index is 13.1. The van der Waals surface area contributed by atoms with Crippen molar-refractivity contribution in [2.45, 2.75) is 6.18 Å². The summed E-state index contributed by atoms with van der Waals surface area (Å²) >= 11 is 0. The van der Waals surface area contributed by atoms with E-state index < -0.39 is 12.1 Å². The molecule has 38 heavy (non-hydrogen) atoms. The third kappa shape index (κ3) is 5.81. The number of carboxylic acid groups (broad SMARTS) is 1. The number of fused-ring (bicyclic) bond motifs is 1. The number of pyridine rings is 2. The lowest BCUT2D eigenvalue weighted by atomic mass is 10.1. The molecule has 5 aromatic rings. The number of oxazole rings is 1. The molecule has 0 aliphatic heterocycles. The van der Waals surface area contributed by atoms with Gasteiger partial charge in [-0.2, -0.15) is 13.2 Å². The Balaban J connectivity index is 0.000000426. The predicted octanol–water partition coefficient (Wildman–Crippen LogP) is 5.55. The van der Waals surface area contributed by atoms with Crippen LogP contribution in [0.4, 0.5) is 18.9 Å². The molecule has 0 radical (unpaired) electrons. The molecule has 0 unspecified atom stereocenters. The number of aliphatic carboxylic acids is 1. The van der Waals surface area contributed by atoms with Gasteiger partial charge in [-0.1, -0.05) is 18.2 Å². The van der Waals surface area contributed by atoms with E-state index in [1.54, 1.807) is 31.6 Å². The summed E-state index contributed by atoms with van der Waals surface area (Å²) in [5.41, 5.74) is 5.16. The zero-order chi connectivity index (χ0) is 27.3. The summed E-state index contributed by atoms with van der Waals surface area (Å²) < 4.78 is 44.2. The van der Waals surface area contributed by atoms with Crippen molar-refractivity contribution >= 4 is 23.1 Å². The Kier molecular flexibility index (Phi) is 7.42. The van der Waals surface area contributed by atoms with E-state index in [-0.39, 0.29) is 5.91 Å². The van der Waals surface area contributed by atoms with Gasteiger partial charge in [-0.15, -0.1) is 0 Å². The summed E-state index contributed by atoms with van der Waals surface area (Å²) in [4.78, 5) is 30.3. The van der Waals surface area contributed by atoms with Crippen molar-refractivity contribution in [3.63, 3.8) is 0 Å². The lowest BCUT2D eigenvalue weighted by Gasteiger charge is -2.08. The number of hydrogen-bond acceptors (Lipinski definition) is 6. The number of amides is 1. The Morgan fingerprint density at radius 3 is 2.50 bits per heavy atom. The normalized spacial score (nSPS) is 10.9. The van der Waals surface area contributed by atoms with E-state index in [2.05, 4.69) is 15.3 Å². The van der Waals surface area contributed by atoms with Crippen molar-refractivity contribution in [3.8, 4) is 28.3 Å². The highest BCUT2D eigenvalue weighted by molar-refractivity contribution is 6.09. The number of ether oxygens (including phenoxy) is 1. The Morgan fingerprint density at radius 2 is 1.87 bits per heavy atom. The molecular formula is C26H19F3N4O5. The van der Waals surface area contributed by atoms with Gasteiger partial charge >= 0.3 is 12.1 Å². The summed E-state index contributed by atoms with van der Waals surface area (Å²) in [6.45, 7) is 0.